The van der Waals surface area contributed by atoms with Crippen molar-refractivity contribution in [3.8, 4) is 0 Å². The third kappa shape index (κ3) is 5.50. The maximum Gasteiger partial charge on any atom is 0.310 e. The fraction of sp³-hybridized carbons (Fsp3) is 0.500. The summed E-state index contributed by atoms with van der Waals surface area (Å²) in [5.41, 5.74) is 1.56. The second-order valence-electron chi connectivity index (χ2n) is 5.05. The Hall–Kier alpha value is -1.35. The molecule has 1 aromatic rings. The minimum atomic E-state index is -0.437. The lowest BCUT2D eigenvalue weighted by Gasteiger charge is -2.19. The summed E-state index contributed by atoms with van der Waals surface area (Å²) in [5.74, 6) is -0.215. The molecule has 1 N–H and O–H groups in total. The van der Waals surface area contributed by atoms with Crippen LogP contribution in [0.3, 0.4) is 0 Å². The van der Waals surface area contributed by atoms with Crippen LogP contribution in [0.25, 0.3) is 0 Å². The average Bonchev–Trinajstić information content (AvgIpc) is 2.18. The summed E-state index contributed by atoms with van der Waals surface area (Å²) >= 11 is 0. The molecule has 17 heavy (non-hydrogen) atoms. The van der Waals surface area contributed by atoms with E-state index < -0.39 is 5.60 Å². The SMILES string of the molecule is CC(C)(C)OC(=O)Cc1ccc(CCO)cc1. The highest BCUT2D eigenvalue weighted by molar-refractivity contribution is 5.73. The number of ether oxygens (including phenoxy) is 1. The topological polar surface area (TPSA) is 46.5 Å². The van der Waals surface area contributed by atoms with Gasteiger partial charge in [-0.05, 0) is 38.3 Å². The van der Waals surface area contributed by atoms with Crippen LogP contribution in [0.1, 0.15) is 31.9 Å². The molecule has 94 valence electrons. The van der Waals surface area contributed by atoms with E-state index in [9.17, 15) is 4.79 Å². The molecule has 0 radical (unpaired) electrons. The summed E-state index contributed by atoms with van der Waals surface area (Å²) in [4.78, 5) is 11.6. The van der Waals surface area contributed by atoms with E-state index >= 15 is 0 Å². The van der Waals surface area contributed by atoms with E-state index in [1.807, 2.05) is 45.0 Å². The molecule has 0 unspecified atom stereocenters. The van der Waals surface area contributed by atoms with Gasteiger partial charge in [-0.3, -0.25) is 4.79 Å². The first-order chi connectivity index (χ1) is 7.90. The van der Waals surface area contributed by atoms with Gasteiger partial charge < -0.3 is 9.84 Å². The highest BCUT2D eigenvalue weighted by Gasteiger charge is 2.16. The van der Waals surface area contributed by atoms with Crippen molar-refractivity contribution in [1.29, 1.82) is 0 Å². The van der Waals surface area contributed by atoms with Crippen molar-refractivity contribution < 1.29 is 14.6 Å². The van der Waals surface area contributed by atoms with E-state index in [0.29, 0.717) is 6.42 Å². The second-order valence-corrected chi connectivity index (χ2v) is 5.05. The Morgan fingerprint density at radius 2 is 1.71 bits per heavy atom. The first kappa shape index (κ1) is 13.7. The minimum Gasteiger partial charge on any atom is -0.460 e. The van der Waals surface area contributed by atoms with E-state index in [4.69, 9.17) is 9.84 Å². The fourth-order valence-corrected chi connectivity index (χ4v) is 1.50. The number of rotatable bonds is 4. The second kappa shape index (κ2) is 5.82. The van der Waals surface area contributed by atoms with Crippen LogP contribution < -0.4 is 0 Å². The van der Waals surface area contributed by atoms with Crippen molar-refractivity contribution in [2.24, 2.45) is 0 Å². The zero-order valence-electron chi connectivity index (χ0n) is 10.7. The van der Waals surface area contributed by atoms with E-state index in [0.717, 1.165) is 11.1 Å². The molecule has 0 aliphatic carbocycles. The van der Waals surface area contributed by atoms with Gasteiger partial charge in [-0.2, -0.15) is 0 Å². The molecule has 0 bridgehead atoms. The van der Waals surface area contributed by atoms with Crippen molar-refractivity contribution in [1.82, 2.24) is 0 Å². The van der Waals surface area contributed by atoms with Crippen LogP contribution in [0, 0.1) is 0 Å². The number of aliphatic hydroxyl groups is 1. The summed E-state index contributed by atoms with van der Waals surface area (Å²) in [6.45, 7) is 5.71. The standard InChI is InChI=1S/C14H20O3/c1-14(2,3)17-13(16)10-12-6-4-11(5-7-12)8-9-15/h4-7,15H,8-10H2,1-3H3. The van der Waals surface area contributed by atoms with Crippen LogP contribution in [-0.2, 0) is 22.4 Å². The van der Waals surface area contributed by atoms with Crippen LogP contribution in [-0.4, -0.2) is 23.3 Å². The Morgan fingerprint density at radius 3 is 2.18 bits per heavy atom. The summed E-state index contributed by atoms with van der Waals surface area (Å²) < 4.78 is 5.24. The normalized spacial score (nSPS) is 11.3. The van der Waals surface area contributed by atoms with Crippen LogP contribution in [0.2, 0.25) is 0 Å². The van der Waals surface area contributed by atoms with Gasteiger partial charge in [-0.15, -0.1) is 0 Å². The lowest BCUT2D eigenvalue weighted by molar-refractivity contribution is -0.153. The van der Waals surface area contributed by atoms with Crippen molar-refractivity contribution >= 4 is 5.97 Å². The van der Waals surface area contributed by atoms with Gasteiger partial charge in [0, 0.05) is 6.61 Å². The van der Waals surface area contributed by atoms with Gasteiger partial charge in [0.25, 0.3) is 0 Å². The number of esters is 1. The number of carbonyl (C=O) groups excluding carboxylic acids is 1. The number of aliphatic hydroxyl groups excluding tert-OH is 1. The molecule has 0 heterocycles. The summed E-state index contributed by atoms with van der Waals surface area (Å²) in [5, 5.41) is 8.79. The maximum atomic E-state index is 11.6. The number of hydrogen-bond donors (Lipinski definition) is 1. The van der Waals surface area contributed by atoms with Crippen LogP contribution in [0.4, 0.5) is 0 Å². The zero-order valence-corrected chi connectivity index (χ0v) is 10.7. The Balaban J connectivity index is 2.54. The van der Waals surface area contributed by atoms with E-state index in [1.54, 1.807) is 0 Å². The Morgan fingerprint density at radius 1 is 1.18 bits per heavy atom. The lowest BCUT2D eigenvalue weighted by Crippen LogP contribution is -2.24. The highest BCUT2D eigenvalue weighted by atomic mass is 16.6. The van der Waals surface area contributed by atoms with Gasteiger partial charge in [0.05, 0.1) is 6.42 Å². The molecule has 0 atom stereocenters. The summed E-state index contributed by atoms with van der Waals surface area (Å²) in [6.07, 6.45) is 0.934. The molecule has 0 fully saturated rings. The Labute approximate surface area is 102 Å². The molecule has 3 heteroatoms. The lowest BCUT2D eigenvalue weighted by atomic mass is 10.1. The summed E-state index contributed by atoms with van der Waals surface area (Å²) in [6, 6.07) is 7.65. The first-order valence-corrected chi connectivity index (χ1v) is 5.81. The van der Waals surface area contributed by atoms with Crippen LogP contribution >= 0.6 is 0 Å². The third-order valence-corrected chi connectivity index (χ3v) is 2.19. The molecular weight excluding hydrogens is 216 g/mol. The molecule has 0 spiro atoms. The molecule has 1 rings (SSSR count). The molecule has 0 amide bonds. The highest BCUT2D eigenvalue weighted by Crippen LogP contribution is 2.11. The minimum absolute atomic E-state index is 0.144. The average molecular weight is 236 g/mol. The summed E-state index contributed by atoms with van der Waals surface area (Å²) in [7, 11) is 0. The number of carbonyl (C=O) groups is 1. The van der Waals surface area contributed by atoms with Crippen molar-refractivity contribution in [3.05, 3.63) is 35.4 Å². The number of hydrogen-bond acceptors (Lipinski definition) is 3. The molecule has 3 nitrogen and oxygen atoms in total. The van der Waals surface area contributed by atoms with Crippen molar-refractivity contribution in [2.75, 3.05) is 6.61 Å². The van der Waals surface area contributed by atoms with Gasteiger partial charge in [0.1, 0.15) is 5.60 Å². The maximum absolute atomic E-state index is 11.6. The van der Waals surface area contributed by atoms with Gasteiger partial charge in [-0.25, -0.2) is 0 Å². The largest absolute Gasteiger partial charge is 0.460 e. The van der Waals surface area contributed by atoms with E-state index in [-0.39, 0.29) is 19.0 Å². The quantitative estimate of drug-likeness (QED) is 0.814. The molecule has 1 aromatic carbocycles. The molecule has 0 saturated carbocycles. The molecule has 0 aliphatic heterocycles. The molecule has 0 aromatic heterocycles. The van der Waals surface area contributed by atoms with Crippen molar-refractivity contribution in [2.45, 2.75) is 39.2 Å². The van der Waals surface area contributed by atoms with Gasteiger partial charge in [-0.1, -0.05) is 24.3 Å². The molecule has 0 saturated heterocycles. The Kier molecular flexibility index (Phi) is 4.70. The molecular formula is C14H20O3. The van der Waals surface area contributed by atoms with E-state index in [2.05, 4.69) is 0 Å². The predicted molar refractivity (Wildman–Crippen MR) is 66.8 cm³/mol. The van der Waals surface area contributed by atoms with Gasteiger partial charge >= 0.3 is 5.97 Å². The monoisotopic (exact) mass is 236 g/mol. The predicted octanol–water partition coefficient (Wildman–Crippen LogP) is 2.11. The van der Waals surface area contributed by atoms with Crippen LogP contribution in [0.5, 0.6) is 0 Å². The van der Waals surface area contributed by atoms with E-state index in [1.165, 1.54) is 0 Å². The smallest absolute Gasteiger partial charge is 0.310 e. The third-order valence-electron chi connectivity index (χ3n) is 2.19. The first-order valence-electron chi connectivity index (χ1n) is 5.81. The zero-order chi connectivity index (χ0) is 12.9. The molecule has 0 aliphatic rings. The fourth-order valence-electron chi connectivity index (χ4n) is 1.50. The van der Waals surface area contributed by atoms with Crippen molar-refractivity contribution in [3.63, 3.8) is 0 Å². The van der Waals surface area contributed by atoms with Gasteiger partial charge in [0.2, 0.25) is 0 Å². The van der Waals surface area contributed by atoms with Gasteiger partial charge in [0.15, 0.2) is 0 Å². The van der Waals surface area contributed by atoms with Crippen LogP contribution in [0.15, 0.2) is 24.3 Å². The Bertz CT molecular complexity index is 360. The number of benzene rings is 1.